The fourth-order valence-electron chi connectivity index (χ4n) is 3.39. The van der Waals surface area contributed by atoms with Gasteiger partial charge in [-0.15, -0.1) is 0 Å². The molecule has 1 unspecified atom stereocenters. The average molecular weight is 512 g/mol. The maximum Gasteiger partial charge on any atom is 0.305 e. The Morgan fingerprint density at radius 2 is 1.15 bits per heavy atom. The van der Waals surface area contributed by atoms with Crippen LogP contribution < -0.4 is 4.89 Å². The highest BCUT2D eigenvalue weighted by Gasteiger charge is 2.16. The molecule has 0 aliphatic rings. The van der Waals surface area contributed by atoms with E-state index in [1.165, 1.54) is 77.0 Å². The zero-order chi connectivity index (χ0) is 25.5. The first kappa shape index (κ1) is 33.5. The molecule has 9 nitrogen and oxygen atoms in total. The number of aliphatic hydroxyl groups excluding tert-OH is 3. The fraction of sp³-hybridized carbons (Fsp3) is 0.958. The Morgan fingerprint density at radius 3 is 1.59 bits per heavy atom. The second-order valence-corrected chi connectivity index (χ2v) is 10.3. The molecule has 0 aromatic rings. The van der Waals surface area contributed by atoms with Crippen LogP contribution in [0.1, 0.15) is 110 Å². The molecule has 0 rings (SSSR count). The summed E-state index contributed by atoms with van der Waals surface area (Å²) in [6.45, 7) is -0.0751. The van der Waals surface area contributed by atoms with Gasteiger partial charge in [0.25, 0.3) is 7.82 Å². The van der Waals surface area contributed by atoms with Crippen LogP contribution in [0.4, 0.5) is 0 Å². The highest BCUT2D eigenvalue weighted by Crippen LogP contribution is 2.38. The summed E-state index contributed by atoms with van der Waals surface area (Å²) in [5, 5.41) is 27.3. The Balaban J connectivity index is 3.50. The van der Waals surface area contributed by atoms with Crippen molar-refractivity contribution in [1.82, 2.24) is 0 Å². The molecule has 10 heteroatoms. The number of rotatable bonds is 25. The minimum absolute atomic E-state index is 0.258. The van der Waals surface area contributed by atoms with Gasteiger partial charge in [0.1, 0.15) is 18.8 Å². The van der Waals surface area contributed by atoms with E-state index in [9.17, 15) is 19.4 Å². The molecule has 0 spiro atoms. The molecule has 0 aliphatic heterocycles. The molecule has 0 heterocycles. The van der Waals surface area contributed by atoms with Crippen LogP contribution in [0.3, 0.4) is 0 Å². The van der Waals surface area contributed by atoms with Crippen LogP contribution in [0.5, 0.6) is 0 Å². The lowest BCUT2D eigenvalue weighted by atomic mass is 10.0. The number of carbonyl (C=O) groups is 1. The Labute approximate surface area is 205 Å². The highest BCUT2D eigenvalue weighted by molar-refractivity contribution is 7.45. The van der Waals surface area contributed by atoms with Crippen molar-refractivity contribution in [2.24, 2.45) is 0 Å². The summed E-state index contributed by atoms with van der Waals surface area (Å²) in [6, 6.07) is 0. The van der Waals surface area contributed by atoms with Crippen LogP contribution in [0, 0.1) is 0 Å². The van der Waals surface area contributed by atoms with Gasteiger partial charge in [-0.05, 0) is 6.42 Å². The van der Waals surface area contributed by atoms with Crippen LogP contribution in [0.2, 0.25) is 0 Å². The van der Waals surface area contributed by atoms with E-state index in [0.717, 1.165) is 19.3 Å². The number of carbonyl (C=O) groups excluding carboxylic acids is 1. The average Bonchev–Trinajstić information content (AvgIpc) is 2.82. The normalized spacial score (nSPS) is 15.1. The third-order valence-electron chi connectivity index (χ3n) is 5.48. The van der Waals surface area contributed by atoms with Crippen molar-refractivity contribution in [3.63, 3.8) is 0 Å². The monoisotopic (exact) mass is 511 g/mol. The molecule has 3 atom stereocenters. The lowest BCUT2D eigenvalue weighted by Gasteiger charge is -2.24. The molecule has 0 bridgehead atoms. The minimum Gasteiger partial charge on any atom is -0.756 e. The van der Waals surface area contributed by atoms with Crippen molar-refractivity contribution in [2.45, 2.75) is 122 Å². The first-order chi connectivity index (χ1) is 16.3. The van der Waals surface area contributed by atoms with E-state index in [1.807, 2.05) is 0 Å². The molecule has 0 aromatic heterocycles. The van der Waals surface area contributed by atoms with E-state index in [1.54, 1.807) is 0 Å². The van der Waals surface area contributed by atoms with Gasteiger partial charge in [-0.25, -0.2) is 0 Å². The molecule has 0 radical (unpaired) electrons. The first-order valence-corrected chi connectivity index (χ1v) is 14.5. The zero-order valence-corrected chi connectivity index (χ0v) is 21.9. The molecule has 0 aliphatic carbocycles. The predicted molar refractivity (Wildman–Crippen MR) is 129 cm³/mol. The van der Waals surface area contributed by atoms with Crippen molar-refractivity contribution in [2.75, 3.05) is 26.4 Å². The molecular formula is C24H48O9P-. The second kappa shape index (κ2) is 22.9. The lowest BCUT2D eigenvalue weighted by molar-refractivity contribution is -0.229. The summed E-state index contributed by atoms with van der Waals surface area (Å²) < 4.78 is 25.2. The van der Waals surface area contributed by atoms with Crippen molar-refractivity contribution >= 4 is 13.8 Å². The number of unbranched alkanes of at least 4 members (excludes halogenated alkanes) is 14. The largest absolute Gasteiger partial charge is 0.756 e. The minimum atomic E-state index is -4.73. The Bertz CT molecular complexity index is 519. The number of phosphoric acid groups is 1. The molecule has 0 aromatic carbocycles. The van der Waals surface area contributed by atoms with Gasteiger partial charge in [0.05, 0.1) is 19.8 Å². The molecule has 0 fully saturated rings. The Kier molecular flexibility index (Phi) is 22.5. The molecular weight excluding hydrogens is 463 g/mol. The standard InChI is InChI=1S/C24H49O9P/c1-2-3-4-5-6-7-8-9-10-11-12-13-14-15-16-17-24(28)31-19-23(27)21-33-34(29,30)32-20-22(26)18-25/h22-23,25-27H,2-21H2,1H3,(H,29,30)/p-1/t22-,23-/m0/s1. The van der Waals surface area contributed by atoms with Crippen molar-refractivity contribution in [3.05, 3.63) is 0 Å². The number of esters is 1. The van der Waals surface area contributed by atoms with E-state index in [-0.39, 0.29) is 13.0 Å². The van der Waals surface area contributed by atoms with Gasteiger partial charge in [0.15, 0.2) is 0 Å². The first-order valence-electron chi connectivity index (χ1n) is 13.0. The summed E-state index contributed by atoms with van der Waals surface area (Å²) >= 11 is 0. The van der Waals surface area contributed by atoms with Gasteiger partial charge in [-0.2, -0.15) is 0 Å². The Hall–Kier alpha value is -0.540. The van der Waals surface area contributed by atoms with Crippen molar-refractivity contribution in [1.29, 1.82) is 0 Å². The third-order valence-corrected chi connectivity index (χ3v) is 6.41. The van der Waals surface area contributed by atoms with Gasteiger partial charge in [0, 0.05) is 6.42 Å². The van der Waals surface area contributed by atoms with E-state index < -0.39 is 45.8 Å². The lowest BCUT2D eigenvalue weighted by Crippen LogP contribution is -2.26. The van der Waals surface area contributed by atoms with E-state index >= 15 is 0 Å². The van der Waals surface area contributed by atoms with Crippen LogP contribution in [0.25, 0.3) is 0 Å². The summed E-state index contributed by atoms with van der Waals surface area (Å²) in [5.41, 5.74) is 0. The summed E-state index contributed by atoms with van der Waals surface area (Å²) in [7, 11) is -4.73. The van der Waals surface area contributed by atoms with E-state index in [2.05, 4.69) is 16.0 Å². The molecule has 0 saturated carbocycles. The smallest absolute Gasteiger partial charge is 0.305 e. The third kappa shape index (κ3) is 23.2. The predicted octanol–water partition coefficient (Wildman–Crippen LogP) is 4.01. The summed E-state index contributed by atoms with van der Waals surface area (Å²) in [6.07, 6.45) is 16.2. The quantitative estimate of drug-likeness (QED) is 0.0940. The van der Waals surface area contributed by atoms with Crippen LogP contribution in [-0.2, 0) is 23.1 Å². The van der Waals surface area contributed by atoms with Crippen molar-refractivity contribution in [3.8, 4) is 0 Å². The van der Waals surface area contributed by atoms with E-state index in [0.29, 0.717) is 0 Å². The number of aliphatic hydroxyl groups is 3. The topological polar surface area (TPSA) is 146 Å². The second-order valence-electron chi connectivity index (χ2n) is 8.91. The molecule has 0 amide bonds. The Morgan fingerprint density at radius 1 is 0.735 bits per heavy atom. The molecule has 204 valence electrons. The summed E-state index contributed by atoms with van der Waals surface area (Å²) in [4.78, 5) is 23.2. The van der Waals surface area contributed by atoms with Gasteiger partial charge in [0.2, 0.25) is 0 Å². The van der Waals surface area contributed by atoms with Gasteiger partial charge in [-0.1, -0.05) is 96.8 Å². The van der Waals surface area contributed by atoms with Gasteiger partial charge >= 0.3 is 5.97 Å². The summed E-state index contributed by atoms with van der Waals surface area (Å²) in [5.74, 6) is -0.443. The number of hydrogen-bond donors (Lipinski definition) is 3. The number of ether oxygens (including phenoxy) is 1. The zero-order valence-electron chi connectivity index (χ0n) is 21.0. The van der Waals surface area contributed by atoms with Crippen LogP contribution in [-0.4, -0.2) is 59.9 Å². The maximum atomic E-state index is 11.7. The molecule has 0 saturated heterocycles. The van der Waals surface area contributed by atoms with Gasteiger partial charge < -0.3 is 34.0 Å². The molecule has 3 N–H and O–H groups in total. The SMILES string of the molecule is CCCCCCCCCCCCCCCCCC(=O)OC[C@H](O)COP(=O)([O-])OC[C@@H](O)CO. The van der Waals surface area contributed by atoms with Crippen LogP contribution in [0.15, 0.2) is 0 Å². The fourth-order valence-corrected chi connectivity index (χ4v) is 4.18. The van der Waals surface area contributed by atoms with E-state index in [4.69, 9.17) is 14.9 Å². The molecule has 34 heavy (non-hydrogen) atoms. The van der Waals surface area contributed by atoms with Crippen LogP contribution >= 0.6 is 7.82 Å². The maximum absolute atomic E-state index is 11.7. The number of phosphoric ester groups is 1. The number of hydrogen-bond acceptors (Lipinski definition) is 9. The van der Waals surface area contributed by atoms with Crippen molar-refractivity contribution < 1.29 is 43.4 Å². The van der Waals surface area contributed by atoms with Gasteiger partial charge in [-0.3, -0.25) is 9.36 Å². The highest BCUT2D eigenvalue weighted by atomic mass is 31.2.